The number of nitrogens with one attached hydrogen (secondary N) is 1. The Labute approximate surface area is 202 Å². The van der Waals surface area contributed by atoms with Gasteiger partial charge in [0.1, 0.15) is 11.8 Å². The molecule has 4 rings (SSSR count). The number of ether oxygens (including phenoxy) is 2. The van der Waals surface area contributed by atoms with Crippen molar-refractivity contribution in [3.05, 3.63) is 95.6 Å². The maximum absolute atomic E-state index is 13.1. The van der Waals surface area contributed by atoms with Crippen LogP contribution in [0.25, 0.3) is 0 Å². The lowest BCUT2D eigenvalue weighted by atomic mass is 10.0. The number of hydrogen-bond donors (Lipinski definition) is 1. The van der Waals surface area contributed by atoms with Gasteiger partial charge in [-0.05, 0) is 36.8 Å². The number of hydrogen-bond acceptors (Lipinski definition) is 6. The van der Waals surface area contributed by atoms with Gasteiger partial charge in [0.2, 0.25) is 0 Å². The third kappa shape index (κ3) is 5.22. The van der Waals surface area contributed by atoms with Gasteiger partial charge in [0.15, 0.2) is 6.61 Å². The molecule has 0 saturated carbocycles. The molecule has 1 aliphatic rings. The topological polar surface area (TPSA) is 102 Å². The van der Waals surface area contributed by atoms with E-state index in [1.54, 1.807) is 72.8 Å². The third-order valence-corrected chi connectivity index (χ3v) is 5.49. The van der Waals surface area contributed by atoms with Crippen molar-refractivity contribution in [1.82, 2.24) is 4.90 Å². The molecule has 0 fully saturated rings. The van der Waals surface area contributed by atoms with Gasteiger partial charge in [0.25, 0.3) is 17.7 Å². The first-order valence-electron chi connectivity index (χ1n) is 11.2. The predicted molar refractivity (Wildman–Crippen MR) is 128 cm³/mol. The monoisotopic (exact) mass is 472 g/mol. The molecule has 3 aromatic carbocycles. The summed E-state index contributed by atoms with van der Waals surface area (Å²) >= 11 is 0. The van der Waals surface area contributed by atoms with E-state index in [-0.39, 0.29) is 17.5 Å². The molecule has 35 heavy (non-hydrogen) atoms. The number of anilines is 1. The van der Waals surface area contributed by atoms with Gasteiger partial charge < -0.3 is 14.8 Å². The average Bonchev–Trinajstić information content (AvgIpc) is 3.13. The minimum atomic E-state index is -1.23. The van der Waals surface area contributed by atoms with Crippen LogP contribution in [0.4, 0.5) is 5.69 Å². The van der Waals surface area contributed by atoms with E-state index in [0.29, 0.717) is 18.0 Å². The second-order valence-electron chi connectivity index (χ2n) is 7.82. The highest BCUT2D eigenvalue weighted by atomic mass is 16.5. The Morgan fingerprint density at radius 2 is 1.46 bits per heavy atom. The summed E-state index contributed by atoms with van der Waals surface area (Å²) in [4.78, 5) is 52.6. The van der Waals surface area contributed by atoms with Crippen LogP contribution in [-0.4, -0.2) is 47.8 Å². The number of benzene rings is 3. The largest absolute Gasteiger partial charge is 0.492 e. The van der Waals surface area contributed by atoms with Crippen LogP contribution in [0.1, 0.15) is 33.2 Å². The molecule has 0 radical (unpaired) electrons. The molecule has 0 spiro atoms. The molecule has 1 aliphatic heterocycles. The summed E-state index contributed by atoms with van der Waals surface area (Å²) in [6.07, 6.45) is 0.0555. The van der Waals surface area contributed by atoms with Crippen molar-refractivity contribution in [2.75, 3.05) is 18.5 Å². The minimum Gasteiger partial charge on any atom is -0.492 e. The SMILES string of the molecule is CCOc1ccccc1NC(=O)COC(=O)C(Cc1ccccc1)N1C(=O)c2ccccc2C1=O. The standard InChI is InChI=1S/C27H24N2O6/c1-2-34-23-15-9-8-14-21(23)28-24(30)17-35-27(33)22(16-18-10-4-3-5-11-18)29-25(31)19-12-6-7-13-20(19)26(29)32/h3-15,22H,2,16-17H2,1H3,(H,28,30). The molecule has 3 aromatic rings. The lowest BCUT2D eigenvalue weighted by Crippen LogP contribution is -2.47. The molecule has 1 heterocycles. The minimum absolute atomic E-state index is 0.0555. The van der Waals surface area contributed by atoms with Crippen LogP contribution >= 0.6 is 0 Å². The summed E-state index contributed by atoms with van der Waals surface area (Å²) in [6, 6.07) is 21.1. The number of rotatable bonds is 9. The zero-order valence-corrected chi connectivity index (χ0v) is 19.1. The number of amides is 3. The smallest absolute Gasteiger partial charge is 0.330 e. The van der Waals surface area contributed by atoms with Crippen LogP contribution in [0, 0.1) is 0 Å². The molecule has 3 amide bonds. The van der Waals surface area contributed by atoms with Crippen LogP contribution < -0.4 is 10.1 Å². The Morgan fingerprint density at radius 3 is 2.11 bits per heavy atom. The second-order valence-corrected chi connectivity index (χ2v) is 7.82. The molecule has 0 aliphatic carbocycles. The molecule has 178 valence electrons. The van der Waals surface area contributed by atoms with E-state index < -0.39 is 36.3 Å². The van der Waals surface area contributed by atoms with Crippen LogP contribution in [-0.2, 0) is 20.7 Å². The van der Waals surface area contributed by atoms with Gasteiger partial charge >= 0.3 is 5.97 Å². The van der Waals surface area contributed by atoms with Crippen LogP contribution in [0.15, 0.2) is 78.9 Å². The fourth-order valence-electron chi connectivity index (χ4n) is 3.88. The zero-order valence-electron chi connectivity index (χ0n) is 19.1. The summed E-state index contributed by atoms with van der Waals surface area (Å²) in [6.45, 7) is 1.66. The third-order valence-electron chi connectivity index (χ3n) is 5.49. The number of fused-ring (bicyclic) bond motifs is 1. The average molecular weight is 472 g/mol. The summed E-state index contributed by atoms with van der Waals surface area (Å²) in [5.41, 5.74) is 1.64. The van der Waals surface area contributed by atoms with Crippen LogP contribution in [0.5, 0.6) is 5.75 Å². The van der Waals surface area contributed by atoms with Gasteiger partial charge in [0, 0.05) is 6.42 Å². The van der Waals surface area contributed by atoms with Gasteiger partial charge in [-0.1, -0.05) is 54.6 Å². The Hall–Kier alpha value is -4.46. The highest BCUT2D eigenvalue weighted by Gasteiger charge is 2.43. The second kappa shape index (κ2) is 10.6. The molecule has 8 heteroatoms. The Morgan fingerprint density at radius 1 is 0.857 bits per heavy atom. The number of esters is 1. The number of carbonyl (C=O) groups excluding carboxylic acids is 4. The number of carbonyl (C=O) groups is 4. The summed E-state index contributed by atoms with van der Waals surface area (Å²) in [7, 11) is 0. The van der Waals surface area contributed by atoms with Crippen molar-refractivity contribution in [3.8, 4) is 5.75 Å². The van der Waals surface area contributed by atoms with Gasteiger partial charge in [0.05, 0.1) is 23.4 Å². The molecule has 1 N–H and O–H groups in total. The first-order valence-corrected chi connectivity index (χ1v) is 11.2. The normalized spacial score (nSPS) is 13.2. The van der Waals surface area contributed by atoms with E-state index in [0.717, 1.165) is 10.5 Å². The van der Waals surface area contributed by atoms with Crippen molar-refractivity contribution in [3.63, 3.8) is 0 Å². The summed E-state index contributed by atoms with van der Waals surface area (Å²) in [5, 5.41) is 2.65. The van der Waals surface area contributed by atoms with E-state index in [1.165, 1.54) is 0 Å². The van der Waals surface area contributed by atoms with Crippen molar-refractivity contribution in [1.29, 1.82) is 0 Å². The molecule has 1 atom stereocenters. The van der Waals surface area contributed by atoms with E-state index in [1.807, 2.05) is 13.0 Å². The Balaban J connectivity index is 1.50. The highest BCUT2D eigenvalue weighted by molar-refractivity contribution is 6.22. The van der Waals surface area contributed by atoms with Gasteiger partial charge in [-0.25, -0.2) is 4.79 Å². The van der Waals surface area contributed by atoms with Crippen molar-refractivity contribution in [2.45, 2.75) is 19.4 Å². The molecule has 1 unspecified atom stereocenters. The fourth-order valence-corrected chi connectivity index (χ4v) is 3.88. The molecule has 8 nitrogen and oxygen atoms in total. The number of nitrogens with zero attached hydrogens (tertiary/aromatic N) is 1. The zero-order chi connectivity index (χ0) is 24.8. The van der Waals surface area contributed by atoms with Crippen LogP contribution in [0.3, 0.4) is 0 Å². The van der Waals surface area contributed by atoms with Gasteiger partial charge in [-0.15, -0.1) is 0 Å². The van der Waals surface area contributed by atoms with Crippen molar-refractivity contribution in [2.24, 2.45) is 0 Å². The molecule has 0 saturated heterocycles. The van der Waals surface area contributed by atoms with Gasteiger partial charge in [-0.2, -0.15) is 0 Å². The maximum atomic E-state index is 13.1. The van der Waals surface area contributed by atoms with E-state index >= 15 is 0 Å². The first kappa shape index (κ1) is 23.7. The number of imide groups is 1. The lowest BCUT2D eigenvalue weighted by Gasteiger charge is -2.24. The fraction of sp³-hybridized carbons (Fsp3) is 0.185. The lowest BCUT2D eigenvalue weighted by molar-refractivity contribution is -0.151. The first-order chi connectivity index (χ1) is 17.0. The summed E-state index contributed by atoms with van der Waals surface area (Å²) in [5.74, 6) is -2.08. The maximum Gasteiger partial charge on any atom is 0.330 e. The van der Waals surface area contributed by atoms with E-state index in [2.05, 4.69) is 5.32 Å². The molecule has 0 bridgehead atoms. The molecule has 0 aromatic heterocycles. The number of para-hydroxylation sites is 2. The quantitative estimate of drug-likeness (QED) is 0.378. The molecular formula is C27H24N2O6. The highest BCUT2D eigenvalue weighted by Crippen LogP contribution is 2.27. The van der Waals surface area contributed by atoms with Crippen LogP contribution in [0.2, 0.25) is 0 Å². The Bertz CT molecular complexity index is 1220. The van der Waals surface area contributed by atoms with E-state index in [9.17, 15) is 19.2 Å². The van der Waals surface area contributed by atoms with Gasteiger partial charge in [-0.3, -0.25) is 19.3 Å². The Kier molecular flexibility index (Phi) is 7.21. The predicted octanol–water partition coefficient (Wildman–Crippen LogP) is 3.47. The van der Waals surface area contributed by atoms with Crippen molar-refractivity contribution < 1.29 is 28.7 Å². The molecular weight excluding hydrogens is 448 g/mol. The summed E-state index contributed by atoms with van der Waals surface area (Å²) < 4.78 is 10.8. The van der Waals surface area contributed by atoms with Crippen molar-refractivity contribution >= 4 is 29.4 Å². The van der Waals surface area contributed by atoms with E-state index in [4.69, 9.17) is 9.47 Å².